The van der Waals surface area contributed by atoms with Gasteiger partial charge in [-0.2, -0.15) is 0 Å². The maximum Gasteiger partial charge on any atom is 0.0685 e. The summed E-state index contributed by atoms with van der Waals surface area (Å²) in [6, 6.07) is 0.518. The molecule has 3 heteroatoms. The summed E-state index contributed by atoms with van der Waals surface area (Å²) in [5.74, 6) is 0.670. The van der Waals surface area contributed by atoms with Gasteiger partial charge in [0.15, 0.2) is 0 Å². The van der Waals surface area contributed by atoms with E-state index in [2.05, 4.69) is 19.2 Å². The van der Waals surface area contributed by atoms with E-state index in [0.29, 0.717) is 24.6 Å². The number of rotatable bonds is 3. The molecule has 2 rings (SSSR count). The van der Waals surface area contributed by atoms with Gasteiger partial charge in [-0.25, -0.2) is 0 Å². The van der Waals surface area contributed by atoms with Crippen molar-refractivity contribution in [1.82, 2.24) is 5.32 Å². The molecule has 4 atom stereocenters. The van der Waals surface area contributed by atoms with Gasteiger partial charge in [-0.15, -0.1) is 0 Å². The molecule has 0 radical (unpaired) electrons. The van der Waals surface area contributed by atoms with E-state index in [1.165, 1.54) is 6.42 Å². The molecule has 1 heterocycles. The summed E-state index contributed by atoms with van der Waals surface area (Å²) >= 11 is 0. The minimum atomic E-state index is -0.257. The van der Waals surface area contributed by atoms with Gasteiger partial charge in [-0.05, 0) is 13.3 Å². The van der Waals surface area contributed by atoms with Crippen LogP contribution in [-0.4, -0.2) is 36.5 Å². The van der Waals surface area contributed by atoms with Crippen LogP contribution in [0.15, 0.2) is 0 Å². The molecule has 14 heavy (non-hydrogen) atoms. The fraction of sp³-hybridized carbons (Fsp3) is 1.00. The van der Waals surface area contributed by atoms with Crippen LogP contribution < -0.4 is 5.32 Å². The topological polar surface area (TPSA) is 41.5 Å². The van der Waals surface area contributed by atoms with Gasteiger partial charge in [0, 0.05) is 30.5 Å². The fourth-order valence-corrected chi connectivity index (χ4v) is 3.04. The Kier molecular flexibility index (Phi) is 2.58. The lowest BCUT2D eigenvalue weighted by Crippen LogP contribution is -2.66. The van der Waals surface area contributed by atoms with Crippen LogP contribution >= 0.6 is 0 Å². The summed E-state index contributed by atoms with van der Waals surface area (Å²) in [4.78, 5) is 0. The highest BCUT2D eigenvalue weighted by Crippen LogP contribution is 2.51. The van der Waals surface area contributed by atoms with Gasteiger partial charge in [-0.3, -0.25) is 0 Å². The first kappa shape index (κ1) is 10.4. The second kappa shape index (κ2) is 3.47. The average Bonchev–Trinajstić information content (AvgIpc) is 2.49. The molecule has 0 aromatic heterocycles. The van der Waals surface area contributed by atoms with Crippen LogP contribution in [0.5, 0.6) is 0 Å². The molecule has 1 aliphatic heterocycles. The van der Waals surface area contributed by atoms with Gasteiger partial charge in [0.1, 0.15) is 0 Å². The molecule has 0 spiro atoms. The minimum absolute atomic E-state index is 0.232. The number of hydrogen-bond donors (Lipinski definition) is 2. The van der Waals surface area contributed by atoms with Crippen molar-refractivity contribution in [2.45, 2.75) is 45.4 Å². The van der Waals surface area contributed by atoms with Crippen LogP contribution in [0.25, 0.3) is 0 Å². The Hall–Kier alpha value is -0.120. The van der Waals surface area contributed by atoms with E-state index in [4.69, 9.17) is 4.74 Å². The second-order valence-electron chi connectivity index (χ2n) is 5.30. The third-order valence-corrected chi connectivity index (χ3v) is 3.73. The van der Waals surface area contributed by atoms with E-state index in [0.717, 1.165) is 6.61 Å². The van der Waals surface area contributed by atoms with Crippen molar-refractivity contribution in [3.05, 3.63) is 0 Å². The van der Waals surface area contributed by atoms with Crippen molar-refractivity contribution < 1.29 is 9.84 Å². The SMILES string of the molecule is C[C@@H](O)CNC1C2CCOC2C1(C)C. The zero-order valence-corrected chi connectivity index (χ0v) is 9.29. The van der Waals surface area contributed by atoms with E-state index in [9.17, 15) is 5.11 Å². The Morgan fingerprint density at radius 3 is 2.93 bits per heavy atom. The van der Waals surface area contributed by atoms with Gasteiger partial charge in [0.25, 0.3) is 0 Å². The zero-order chi connectivity index (χ0) is 10.3. The predicted octanol–water partition coefficient (Wildman–Crippen LogP) is 0.770. The maximum atomic E-state index is 9.24. The van der Waals surface area contributed by atoms with Gasteiger partial charge >= 0.3 is 0 Å². The van der Waals surface area contributed by atoms with E-state index >= 15 is 0 Å². The molecule has 0 aromatic carbocycles. The zero-order valence-electron chi connectivity index (χ0n) is 9.29. The Bertz CT molecular complexity index is 215. The van der Waals surface area contributed by atoms with Crippen molar-refractivity contribution in [2.75, 3.05) is 13.2 Å². The Balaban J connectivity index is 1.92. The molecule has 82 valence electrons. The summed E-state index contributed by atoms with van der Waals surface area (Å²) in [5.41, 5.74) is 0.232. The molecule has 3 nitrogen and oxygen atoms in total. The van der Waals surface area contributed by atoms with Crippen LogP contribution in [0, 0.1) is 11.3 Å². The summed E-state index contributed by atoms with van der Waals surface area (Å²) in [7, 11) is 0. The number of aliphatic hydroxyl groups is 1. The van der Waals surface area contributed by atoms with Crippen LogP contribution in [0.3, 0.4) is 0 Å². The Morgan fingerprint density at radius 1 is 1.57 bits per heavy atom. The highest BCUT2D eigenvalue weighted by atomic mass is 16.5. The number of fused-ring (bicyclic) bond motifs is 1. The molecule has 3 unspecified atom stereocenters. The second-order valence-corrected chi connectivity index (χ2v) is 5.30. The predicted molar refractivity (Wildman–Crippen MR) is 55.1 cm³/mol. The minimum Gasteiger partial charge on any atom is -0.392 e. The molecule has 1 saturated heterocycles. The average molecular weight is 199 g/mol. The monoisotopic (exact) mass is 199 g/mol. The van der Waals surface area contributed by atoms with Crippen molar-refractivity contribution >= 4 is 0 Å². The summed E-state index contributed by atoms with van der Waals surface area (Å²) in [6.45, 7) is 7.92. The quantitative estimate of drug-likeness (QED) is 0.705. The van der Waals surface area contributed by atoms with Crippen LogP contribution in [-0.2, 0) is 4.74 Å². The standard InChI is InChI=1S/C11H21NO2/c1-7(13)6-12-9-8-4-5-14-10(8)11(9,2)3/h7-10,12-13H,4-6H2,1-3H3/t7-,8?,9?,10?/m1/s1. The number of hydrogen-bond acceptors (Lipinski definition) is 3. The summed E-state index contributed by atoms with van der Waals surface area (Å²) in [5, 5.41) is 12.7. The normalized spacial score (nSPS) is 41.6. The molecule has 0 aromatic rings. The van der Waals surface area contributed by atoms with Crippen molar-refractivity contribution in [1.29, 1.82) is 0 Å². The molecule has 0 amide bonds. The van der Waals surface area contributed by atoms with Gasteiger partial charge in [0.05, 0.1) is 12.2 Å². The molecule has 0 bridgehead atoms. The number of aliphatic hydroxyl groups excluding tert-OH is 1. The fourth-order valence-electron chi connectivity index (χ4n) is 3.04. The van der Waals surface area contributed by atoms with E-state index < -0.39 is 0 Å². The largest absolute Gasteiger partial charge is 0.392 e. The summed E-state index contributed by atoms with van der Waals surface area (Å²) in [6.07, 6.45) is 1.35. The van der Waals surface area contributed by atoms with E-state index in [-0.39, 0.29) is 11.5 Å². The lowest BCUT2D eigenvalue weighted by Gasteiger charge is -2.55. The smallest absolute Gasteiger partial charge is 0.0685 e. The molecule has 2 N–H and O–H groups in total. The van der Waals surface area contributed by atoms with Gasteiger partial charge < -0.3 is 15.2 Å². The van der Waals surface area contributed by atoms with Crippen LogP contribution in [0.1, 0.15) is 27.2 Å². The van der Waals surface area contributed by atoms with E-state index in [1.807, 2.05) is 6.92 Å². The highest BCUT2D eigenvalue weighted by Gasteiger charge is 2.58. The lowest BCUT2D eigenvalue weighted by atomic mass is 9.57. The number of ether oxygens (including phenoxy) is 1. The van der Waals surface area contributed by atoms with Crippen LogP contribution in [0.2, 0.25) is 0 Å². The Morgan fingerprint density at radius 2 is 2.29 bits per heavy atom. The van der Waals surface area contributed by atoms with Gasteiger partial charge in [-0.1, -0.05) is 13.8 Å². The molecule has 2 fully saturated rings. The molecule has 2 aliphatic rings. The van der Waals surface area contributed by atoms with Crippen molar-refractivity contribution in [3.63, 3.8) is 0 Å². The first-order valence-corrected chi connectivity index (χ1v) is 5.56. The molecular formula is C11H21NO2. The van der Waals surface area contributed by atoms with E-state index in [1.54, 1.807) is 0 Å². The first-order chi connectivity index (χ1) is 6.53. The first-order valence-electron chi connectivity index (χ1n) is 5.56. The Labute approximate surface area is 85.8 Å². The molecule has 1 saturated carbocycles. The maximum absolute atomic E-state index is 9.24. The number of nitrogens with one attached hydrogen (secondary N) is 1. The highest BCUT2D eigenvalue weighted by molar-refractivity contribution is 5.11. The third-order valence-electron chi connectivity index (χ3n) is 3.73. The lowest BCUT2D eigenvalue weighted by molar-refractivity contribution is -0.114. The summed E-state index contributed by atoms with van der Waals surface area (Å²) < 4.78 is 5.70. The third kappa shape index (κ3) is 1.47. The van der Waals surface area contributed by atoms with Crippen molar-refractivity contribution in [3.8, 4) is 0 Å². The van der Waals surface area contributed by atoms with Crippen molar-refractivity contribution in [2.24, 2.45) is 11.3 Å². The van der Waals surface area contributed by atoms with Gasteiger partial charge in [0.2, 0.25) is 0 Å². The van der Waals surface area contributed by atoms with Crippen LogP contribution in [0.4, 0.5) is 0 Å². The molecule has 1 aliphatic carbocycles. The molecular weight excluding hydrogens is 178 g/mol.